The first-order chi connectivity index (χ1) is 9.85. The third-order valence-electron chi connectivity index (χ3n) is 4.00. The molecule has 0 radical (unpaired) electrons. The topological polar surface area (TPSA) is 12.0 Å². The van der Waals surface area contributed by atoms with E-state index in [0.717, 1.165) is 18.9 Å². The molecule has 1 aromatic rings. The van der Waals surface area contributed by atoms with Crippen LogP contribution in [0.1, 0.15) is 78.0 Å². The van der Waals surface area contributed by atoms with Gasteiger partial charge in [-0.2, -0.15) is 0 Å². The average Bonchev–Trinajstić information content (AvgIpc) is 2.41. The number of rotatable bonds is 8. The molecule has 120 valence electrons. The minimum Gasteiger partial charge on any atom is -0.310 e. The van der Waals surface area contributed by atoms with Crippen LogP contribution in [0.5, 0.6) is 0 Å². The summed E-state index contributed by atoms with van der Waals surface area (Å²) in [5.41, 5.74) is 3.32. The van der Waals surface area contributed by atoms with Crippen LogP contribution in [-0.4, -0.2) is 6.54 Å². The monoisotopic (exact) mass is 289 g/mol. The van der Waals surface area contributed by atoms with E-state index in [1.807, 2.05) is 0 Å². The molecule has 1 heteroatoms. The number of benzene rings is 1. The first-order valence-electron chi connectivity index (χ1n) is 8.68. The van der Waals surface area contributed by atoms with E-state index in [2.05, 4.69) is 71.1 Å². The fraction of sp³-hybridized carbons (Fsp3) is 0.700. The summed E-state index contributed by atoms with van der Waals surface area (Å²) in [5.74, 6) is 0.740. The Balaban J connectivity index is 2.79. The molecular formula is C20H35N. The van der Waals surface area contributed by atoms with Gasteiger partial charge >= 0.3 is 0 Å². The second-order valence-electron chi connectivity index (χ2n) is 7.71. The molecule has 0 aliphatic carbocycles. The van der Waals surface area contributed by atoms with Crippen LogP contribution in [0.15, 0.2) is 24.3 Å². The largest absolute Gasteiger partial charge is 0.310 e. The lowest BCUT2D eigenvalue weighted by Gasteiger charge is -2.28. The van der Waals surface area contributed by atoms with Crippen LogP contribution < -0.4 is 5.32 Å². The van der Waals surface area contributed by atoms with Crippen molar-refractivity contribution >= 4 is 0 Å². The Hall–Kier alpha value is -0.820. The number of nitrogens with one attached hydrogen (secondary N) is 1. The number of hydrogen-bond donors (Lipinski definition) is 1. The maximum atomic E-state index is 3.75. The second kappa shape index (κ2) is 8.58. The minimum atomic E-state index is 0.417. The molecule has 0 heterocycles. The lowest BCUT2D eigenvalue weighted by atomic mass is 9.82. The Morgan fingerprint density at radius 3 is 2.43 bits per heavy atom. The van der Waals surface area contributed by atoms with Crippen LogP contribution in [0, 0.1) is 11.3 Å². The molecule has 0 aliphatic heterocycles. The first-order valence-corrected chi connectivity index (χ1v) is 8.68. The van der Waals surface area contributed by atoms with Gasteiger partial charge in [0.1, 0.15) is 0 Å². The van der Waals surface area contributed by atoms with Gasteiger partial charge in [0.25, 0.3) is 0 Å². The highest BCUT2D eigenvalue weighted by molar-refractivity contribution is 5.26. The Kier molecular flexibility index (Phi) is 7.45. The van der Waals surface area contributed by atoms with Crippen LogP contribution in [0.3, 0.4) is 0 Å². The fourth-order valence-electron chi connectivity index (χ4n) is 3.22. The van der Waals surface area contributed by atoms with Crippen LogP contribution in [0.4, 0.5) is 0 Å². The van der Waals surface area contributed by atoms with E-state index < -0.39 is 0 Å². The van der Waals surface area contributed by atoms with Crippen molar-refractivity contribution in [2.45, 2.75) is 73.3 Å². The second-order valence-corrected chi connectivity index (χ2v) is 7.71. The average molecular weight is 290 g/mol. The lowest BCUT2D eigenvalue weighted by Crippen LogP contribution is -2.25. The molecule has 1 N–H and O–H groups in total. The summed E-state index contributed by atoms with van der Waals surface area (Å²) in [7, 11) is 0. The maximum absolute atomic E-state index is 3.75. The summed E-state index contributed by atoms with van der Waals surface area (Å²) in [6, 6.07) is 9.61. The summed E-state index contributed by atoms with van der Waals surface area (Å²) in [6.07, 6.45) is 4.82. The summed E-state index contributed by atoms with van der Waals surface area (Å²) >= 11 is 0. The van der Waals surface area contributed by atoms with Crippen molar-refractivity contribution < 1.29 is 0 Å². The van der Waals surface area contributed by atoms with E-state index in [9.17, 15) is 0 Å². The van der Waals surface area contributed by atoms with Crippen LogP contribution in [-0.2, 0) is 6.42 Å². The highest BCUT2D eigenvalue weighted by Gasteiger charge is 2.20. The first kappa shape index (κ1) is 18.2. The Labute approximate surface area is 132 Å². The summed E-state index contributed by atoms with van der Waals surface area (Å²) in [6.45, 7) is 15.0. The predicted molar refractivity (Wildman–Crippen MR) is 94.7 cm³/mol. The van der Waals surface area contributed by atoms with Gasteiger partial charge in [0.2, 0.25) is 0 Å². The Morgan fingerprint density at radius 2 is 1.86 bits per heavy atom. The molecule has 0 saturated carbocycles. The molecule has 0 spiro atoms. The van der Waals surface area contributed by atoms with Crippen molar-refractivity contribution in [1.29, 1.82) is 0 Å². The van der Waals surface area contributed by atoms with Crippen molar-refractivity contribution in [1.82, 2.24) is 5.32 Å². The molecule has 1 nitrogen and oxygen atoms in total. The van der Waals surface area contributed by atoms with Crippen molar-refractivity contribution in [3.8, 4) is 0 Å². The van der Waals surface area contributed by atoms with Gasteiger partial charge in [0, 0.05) is 6.04 Å². The summed E-state index contributed by atoms with van der Waals surface area (Å²) in [4.78, 5) is 0. The van der Waals surface area contributed by atoms with E-state index in [1.165, 1.54) is 30.4 Å². The van der Waals surface area contributed by atoms with Crippen LogP contribution in [0.25, 0.3) is 0 Å². The molecule has 0 aromatic heterocycles. The third kappa shape index (κ3) is 7.13. The lowest BCUT2D eigenvalue weighted by molar-refractivity contribution is 0.276. The standard InChI is InChI=1S/C20H35N/c1-7-12-21-19(13-16(3)15-20(4,5)6)18-11-9-10-17(8-2)14-18/h9-11,14,16,19,21H,7-8,12-13,15H2,1-6H3. The normalized spacial score (nSPS) is 15.0. The molecule has 2 unspecified atom stereocenters. The van der Waals surface area contributed by atoms with E-state index in [-0.39, 0.29) is 0 Å². The van der Waals surface area contributed by atoms with Crippen molar-refractivity contribution in [3.05, 3.63) is 35.4 Å². The summed E-state index contributed by atoms with van der Waals surface area (Å²) in [5, 5.41) is 3.75. The van der Waals surface area contributed by atoms with Crippen molar-refractivity contribution in [2.24, 2.45) is 11.3 Å². The van der Waals surface area contributed by atoms with E-state index in [1.54, 1.807) is 0 Å². The van der Waals surface area contributed by atoms with E-state index in [0.29, 0.717) is 11.5 Å². The highest BCUT2D eigenvalue weighted by Crippen LogP contribution is 2.30. The molecule has 0 amide bonds. The van der Waals surface area contributed by atoms with Crippen LogP contribution >= 0.6 is 0 Å². The van der Waals surface area contributed by atoms with E-state index in [4.69, 9.17) is 0 Å². The van der Waals surface area contributed by atoms with Gasteiger partial charge in [-0.3, -0.25) is 0 Å². The molecular weight excluding hydrogens is 254 g/mol. The molecule has 0 bridgehead atoms. The summed E-state index contributed by atoms with van der Waals surface area (Å²) < 4.78 is 0. The Morgan fingerprint density at radius 1 is 1.14 bits per heavy atom. The molecule has 0 fully saturated rings. The third-order valence-corrected chi connectivity index (χ3v) is 4.00. The van der Waals surface area contributed by atoms with Gasteiger partial charge in [0.05, 0.1) is 0 Å². The van der Waals surface area contributed by atoms with Gasteiger partial charge in [-0.15, -0.1) is 0 Å². The molecule has 2 atom stereocenters. The molecule has 21 heavy (non-hydrogen) atoms. The molecule has 0 saturated heterocycles. The molecule has 1 rings (SSSR count). The predicted octanol–water partition coefficient (Wildman–Crippen LogP) is 5.75. The van der Waals surface area contributed by atoms with Gasteiger partial charge < -0.3 is 5.32 Å². The van der Waals surface area contributed by atoms with Gasteiger partial charge in [-0.05, 0) is 54.7 Å². The van der Waals surface area contributed by atoms with Crippen molar-refractivity contribution in [2.75, 3.05) is 6.54 Å². The Bertz CT molecular complexity index is 403. The van der Waals surface area contributed by atoms with E-state index >= 15 is 0 Å². The zero-order chi connectivity index (χ0) is 15.9. The zero-order valence-corrected chi connectivity index (χ0v) is 15.0. The highest BCUT2D eigenvalue weighted by atomic mass is 14.9. The quantitative estimate of drug-likeness (QED) is 0.642. The molecule has 0 aliphatic rings. The fourth-order valence-corrected chi connectivity index (χ4v) is 3.22. The SMILES string of the molecule is CCCNC(CC(C)CC(C)(C)C)c1cccc(CC)c1. The maximum Gasteiger partial charge on any atom is 0.0322 e. The zero-order valence-electron chi connectivity index (χ0n) is 15.0. The van der Waals surface area contributed by atoms with Crippen molar-refractivity contribution in [3.63, 3.8) is 0 Å². The molecule has 1 aromatic carbocycles. The minimum absolute atomic E-state index is 0.417. The smallest absolute Gasteiger partial charge is 0.0322 e. The van der Waals surface area contributed by atoms with Gasteiger partial charge in [-0.1, -0.05) is 65.8 Å². The van der Waals surface area contributed by atoms with Gasteiger partial charge in [-0.25, -0.2) is 0 Å². The van der Waals surface area contributed by atoms with Crippen LogP contribution in [0.2, 0.25) is 0 Å². The number of hydrogen-bond acceptors (Lipinski definition) is 1. The van der Waals surface area contributed by atoms with Gasteiger partial charge in [0.15, 0.2) is 0 Å². The number of aryl methyl sites for hydroxylation is 1.